The van der Waals surface area contributed by atoms with Crippen molar-refractivity contribution >= 4 is 5.82 Å². The first kappa shape index (κ1) is 17.6. The smallest absolute Gasteiger partial charge is 0.254 e. The second kappa shape index (κ2) is 7.33. The van der Waals surface area contributed by atoms with Crippen LogP contribution < -0.4 is 10.5 Å². The first-order valence-electron chi connectivity index (χ1n) is 8.41. The lowest BCUT2D eigenvalue weighted by molar-refractivity contribution is -0.0512. The summed E-state index contributed by atoms with van der Waals surface area (Å²) < 4.78 is 11.1. The van der Waals surface area contributed by atoms with Crippen molar-refractivity contribution < 1.29 is 9.47 Å². The number of ether oxygens (including phenoxy) is 2. The van der Waals surface area contributed by atoms with Crippen molar-refractivity contribution in [3.63, 3.8) is 0 Å². The van der Waals surface area contributed by atoms with Gasteiger partial charge < -0.3 is 19.4 Å². The minimum atomic E-state index is -0.115. The Balaban J connectivity index is 1.81. The summed E-state index contributed by atoms with van der Waals surface area (Å²) in [5.41, 5.74) is 2.04. The van der Waals surface area contributed by atoms with E-state index >= 15 is 0 Å². The van der Waals surface area contributed by atoms with Crippen LogP contribution in [0.25, 0.3) is 11.4 Å². The van der Waals surface area contributed by atoms with Gasteiger partial charge in [0, 0.05) is 43.2 Å². The van der Waals surface area contributed by atoms with E-state index in [4.69, 9.17) is 9.47 Å². The molecule has 0 bridgehead atoms. The number of hydrogen-bond donors (Lipinski definition) is 1. The van der Waals surface area contributed by atoms with Gasteiger partial charge in [0.2, 0.25) is 0 Å². The predicted molar refractivity (Wildman–Crippen MR) is 96.0 cm³/mol. The van der Waals surface area contributed by atoms with Gasteiger partial charge in [-0.05, 0) is 32.9 Å². The number of aryl methyl sites for hydroxylation is 1. The summed E-state index contributed by atoms with van der Waals surface area (Å²) in [6, 6.07) is 3.88. The first-order valence-corrected chi connectivity index (χ1v) is 8.41. The molecule has 7 nitrogen and oxygen atoms in total. The molecule has 1 aliphatic rings. The van der Waals surface area contributed by atoms with Crippen LogP contribution in [0.4, 0.5) is 5.82 Å². The fraction of sp³-hybridized carbons (Fsp3) is 0.500. The average Bonchev–Trinajstić information content (AvgIpc) is 2.59. The number of pyridine rings is 1. The molecule has 3 rings (SSSR count). The van der Waals surface area contributed by atoms with Gasteiger partial charge in [-0.15, -0.1) is 0 Å². The molecular weight excluding hydrogens is 320 g/mol. The first-order chi connectivity index (χ1) is 12.0. The molecule has 2 aromatic heterocycles. The zero-order chi connectivity index (χ0) is 18.0. The summed E-state index contributed by atoms with van der Waals surface area (Å²) in [6.07, 6.45) is 1.90. The van der Waals surface area contributed by atoms with E-state index in [9.17, 15) is 4.79 Å². The van der Waals surface area contributed by atoms with Gasteiger partial charge in [0.15, 0.2) is 0 Å². The number of hydrogen-bond acceptors (Lipinski definition) is 6. The lowest BCUT2D eigenvalue weighted by Gasteiger charge is -2.37. The standard InChI is InChI=1S/C18H24N4O3/c1-11-8-22(9-15(25-11)10-24-4)16-6-5-14(7-19-16)17-20-13(3)12(2)18(23)21-17/h5-7,11,15H,8-10H2,1-4H3,(H,20,21,23). The van der Waals surface area contributed by atoms with Gasteiger partial charge in [0.1, 0.15) is 11.6 Å². The molecule has 25 heavy (non-hydrogen) atoms. The van der Waals surface area contributed by atoms with Crippen LogP contribution in [-0.4, -0.2) is 54.0 Å². The predicted octanol–water partition coefficient (Wildman–Crippen LogP) is 1.69. The minimum absolute atomic E-state index is 0.0352. The van der Waals surface area contributed by atoms with Gasteiger partial charge in [-0.2, -0.15) is 0 Å². The van der Waals surface area contributed by atoms with Crippen LogP contribution in [0.1, 0.15) is 18.2 Å². The van der Waals surface area contributed by atoms with Crippen LogP contribution in [0.15, 0.2) is 23.1 Å². The molecule has 0 aromatic carbocycles. The third-order valence-corrected chi connectivity index (χ3v) is 4.42. The molecule has 2 unspecified atom stereocenters. The Hall–Kier alpha value is -2.25. The Kier molecular flexibility index (Phi) is 5.15. The molecule has 3 heterocycles. The number of H-pyrrole nitrogens is 1. The third-order valence-electron chi connectivity index (χ3n) is 4.42. The highest BCUT2D eigenvalue weighted by molar-refractivity contribution is 5.56. The molecule has 7 heteroatoms. The molecule has 1 N–H and O–H groups in total. The van der Waals surface area contributed by atoms with E-state index in [0.717, 1.165) is 30.2 Å². The molecule has 0 aliphatic carbocycles. The number of aromatic amines is 1. The average molecular weight is 344 g/mol. The number of anilines is 1. The second-order valence-corrected chi connectivity index (χ2v) is 6.46. The highest BCUT2D eigenvalue weighted by Crippen LogP contribution is 2.21. The molecule has 1 aliphatic heterocycles. The molecule has 0 amide bonds. The lowest BCUT2D eigenvalue weighted by atomic mass is 10.2. The van der Waals surface area contributed by atoms with Crippen LogP contribution in [0.2, 0.25) is 0 Å². The normalized spacial score (nSPS) is 20.7. The van der Waals surface area contributed by atoms with Gasteiger partial charge in [0.25, 0.3) is 5.56 Å². The number of morpholine rings is 1. The fourth-order valence-corrected chi connectivity index (χ4v) is 3.01. The zero-order valence-corrected chi connectivity index (χ0v) is 15.1. The van der Waals surface area contributed by atoms with Crippen LogP contribution in [0.5, 0.6) is 0 Å². The van der Waals surface area contributed by atoms with E-state index in [1.54, 1.807) is 20.2 Å². The summed E-state index contributed by atoms with van der Waals surface area (Å²) in [4.78, 5) is 25.9. The topological polar surface area (TPSA) is 80.3 Å². The fourth-order valence-electron chi connectivity index (χ4n) is 3.01. The lowest BCUT2D eigenvalue weighted by Crippen LogP contribution is -2.48. The highest BCUT2D eigenvalue weighted by atomic mass is 16.5. The van der Waals surface area contributed by atoms with E-state index in [-0.39, 0.29) is 17.8 Å². The Bertz CT molecular complexity index is 788. The maximum absolute atomic E-state index is 11.9. The summed E-state index contributed by atoms with van der Waals surface area (Å²) in [5, 5.41) is 0. The molecule has 0 radical (unpaired) electrons. The van der Waals surface area contributed by atoms with E-state index in [0.29, 0.717) is 18.0 Å². The van der Waals surface area contributed by atoms with E-state index in [2.05, 4.69) is 19.9 Å². The van der Waals surface area contributed by atoms with Crippen LogP contribution in [-0.2, 0) is 9.47 Å². The maximum atomic E-state index is 11.9. The molecule has 0 saturated carbocycles. The van der Waals surface area contributed by atoms with Crippen molar-refractivity contribution in [1.82, 2.24) is 15.0 Å². The van der Waals surface area contributed by atoms with E-state index in [1.807, 2.05) is 26.0 Å². The van der Waals surface area contributed by atoms with Crippen molar-refractivity contribution in [2.24, 2.45) is 0 Å². The van der Waals surface area contributed by atoms with Gasteiger partial charge in [-0.25, -0.2) is 9.97 Å². The summed E-state index contributed by atoms with van der Waals surface area (Å²) in [6.45, 7) is 7.73. The van der Waals surface area contributed by atoms with E-state index < -0.39 is 0 Å². The van der Waals surface area contributed by atoms with Gasteiger partial charge in [0.05, 0.1) is 18.8 Å². The van der Waals surface area contributed by atoms with Crippen molar-refractivity contribution in [2.45, 2.75) is 33.0 Å². The van der Waals surface area contributed by atoms with Gasteiger partial charge >= 0.3 is 0 Å². The van der Waals surface area contributed by atoms with E-state index in [1.165, 1.54) is 0 Å². The molecule has 0 spiro atoms. The molecule has 134 valence electrons. The van der Waals surface area contributed by atoms with Crippen molar-refractivity contribution in [3.8, 4) is 11.4 Å². The van der Waals surface area contributed by atoms with Crippen molar-refractivity contribution in [1.29, 1.82) is 0 Å². The number of nitrogens with zero attached hydrogens (tertiary/aromatic N) is 3. The number of rotatable bonds is 4. The Morgan fingerprint density at radius 3 is 2.80 bits per heavy atom. The third kappa shape index (κ3) is 3.88. The van der Waals surface area contributed by atoms with Crippen molar-refractivity contribution in [2.75, 3.05) is 31.7 Å². The molecular formula is C18H24N4O3. The molecule has 2 atom stereocenters. The summed E-state index contributed by atoms with van der Waals surface area (Å²) in [5.74, 6) is 1.42. The van der Waals surface area contributed by atoms with Crippen molar-refractivity contribution in [3.05, 3.63) is 39.9 Å². The molecule has 1 fully saturated rings. The monoisotopic (exact) mass is 344 g/mol. The number of nitrogens with one attached hydrogen (secondary N) is 1. The summed E-state index contributed by atoms with van der Waals surface area (Å²) >= 11 is 0. The zero-order valence-electron chi connectivity index (χ0n) is 15.1. The number of aromatic nitrogens is 3. The second-order valence-electron chi connectivity index (χ2n) is 6.46. The SMILES string of the molecule is COCC1CN(c2ccc(-c3nc(C)c(C)c(=O)[nH]3)cn2)CC(C)O1. The molecule has 1 saturated heterocycles. The molecule has 2 aromatic rings. The highest BCUT2D eigenvalue weighted by Gasteiger charge is 2.26. The van der Waals surface area contributed by atoms with Gasteiger partial charge in [-0.1, -0.05) is 0 Å². The van der Waals surface area contributed by atoms with Crippen LogP contribution >= 0.6 is 0 Å². The largest absolute Gasteiger partial charge is 0.382 e. The number of methoxy groups -OCH3 is 1. The Labute approximate surface area is 147 Å². The maximum Gasteiger partial charge on any atom is 0.254 e. The quantitative estimate of drug-likeness (QED) is 0.909. The Morgan fingerprint density at radius 2 is 2.16 bits per heavy atom. The van der Waals surface area contributed by atoms with Crippen LogP contribution in [0.3, 0.4) is 0 Å². The minimum Gasteiger partial charge on any atom is -0.382 e. The Morgan fingerprint density at radius 1 is 1.36 bits per heavy atom. The van der Waals surface area contributed by atoms with Crippen LogP contribution in [0, 0.1) is 13.8 Å². The summed E-state index contributed by atoms with van der Waals surface area (Å²) in [7, 11) is 1.68. The van der Waals surface area contributed by atoms with Gasteiger partial charge in [-0.3, -0.25) is 4.79 Å².